The molecule has 0 saturated carbocycles. The molecular formula is C21H24Cl3N3O4S. The Balaban J connectivity index is 2.34. The number of amides is 2. The van der Waals surface area contributed by atoms with Crippen LogP contribution in [0.2, 0.25) is 15.1 Å². The van der Waals surface area contributed by atoms with E-state index >= 15 is 0 Å². The van der Waals surface area contributed by atoms with E-state index in [2.05, 4.69) is 5.32 Å². The van der Waals surface area contributed by atoms with Crippen LogP contribution in [0.5, 0.6) is 0 Å². The summed E-state index contributed by atoms with van der Waals surface area (Å²) in [7, 11) is -1.17. The number of nitrogens with zero attached hydrogens (tertiary/aromatic N) is 2. The molecule has 2 amide bonds. The number of carbonyl (C=O) groups excluding carboxylic acids is 2. The normalized spacial score (nSPS) is 12.5. The van der Waals surface area contributed by atoms with Crippen molar-refractivity contribution in [2.45, 2.75) is 30.8 Å². The molecular weight excluding hydrogens is 497 g/mol. The van der Waals surface area contributed by atoms with Gasteiger partial charge in [0.1, 0.15) is 6.04 Å². The Morgan fingerprint density at radius 1 is 1.03 bits per heavy atom. The van der Waals surface area contributed by atoms with Crippen molar-refractivity contribution in [2.24, 2.45) is 0 Å². The van der Waals surface area contributed by atoms with Gasteiger partial charge in [-0.1, -0.05) is 47.8 Å². The van der Waals surface area contributed by atoms with Crippen LogP contribution in [0.1, 0.15) is 18.9 Å². The highest BCUT2D eigenvalue weighted by molar-refractivity contribution is 7.89. The van der Waals surface area contributed by atoms with E-state index in [1.807, 2.05) is 0 Å². The third kappa shape index (κ3) is 6.36. The van der Waals surface area contributed by atoms with Gasteiger partial charge in [0.15, 0.2) is 0 Å². The minimum absolute atomic E-state index is 0.00263. The van der Waals surface area contributed by atoms with E-state index in [1.54, 1.807) is 25.1 Å². The number of benzene rings is 2. The Bertz CT molecular complexity index is 1080. The summed E-state index contributed by atoms with van der Waals surface area (Å²) in [6, 6.07) is 9.66. The van der Waals surface area contributed by atoms with E-state index in [0.717, 1.165) is 4.31 Å². The largest absolute Gasteiger partial charge is 0.357 e. The molecule has 2 rings (SSSR count). The van der Waals surface area contributed by atoms with Crippen LogP contribution in [0.15, 0.2) is 47.4 Å². The Kier molecular flexibility index (Phi) is 9.36. The molecule has 1 N–H and O–H groups in total. The highest BCUT2D eigenvalue weighted by atomic mass is 35.5. The van der Waals surface area contributed by atoms with E-state index in [4.69, 9.17) is 34.8 Å². The standard InChI is InChI=1S/C21H24Cl3N3O4S/c1-4-19(21(29)25-2)27(12-14-5-6-16(23)11-18(14)24)20(28)13-26(3)32(30,31)17-9-7-15(22)8-10-17/h5-11,19H,4,12-13H2,1-3H3,(H,25,29). The number of hydrogen-bond acceptors (Lipinski definition) is 4. The van der Waals surface area contributed by atoms with Crippen LogP contribution in [0.4, 0.5) is 0 Å². The van der Waals surface area contributed by atoms with Crippen molar-refractivity contribution < 1.29 is 18.0 Å². The van der Waals surface area contributed by atoms with Crippen molar-refractivity contribution >= 4 is 56.6 Å². The molecule has 0 radical (unpaired) electrons. The van der Waals surface area contributed by atoms with Gasteiger partial charge in [0.2, 0.25) is 21.8 Å². The van der Waals surface area contributed by atoms with Crippen molar-refractivity contribution in [3.8, 4) is 0 Å². The first-order chi connectivity index (χ1) is 15.0. The van der Waals surface area contributed by atoms with E-state index in [-0.39, 0.29) is 17.3 Å². The minimum atomic E-state index is -3.95. The lowest BCUT2D eigenvalue weighted by Gasteiger charge is -2.31. The van der Waals surface area contributed by atoms with Gasteiger partial charge in [0, 0.05) is 35.7 Å². The topological polar surface area (TPSA) is 86.8 Å². The number of rotatable bonds is 9. The van der Waals surface area contributed by atoms with E-state index in [0.29, 0.717) is 27.1 Å². The van der Waals surface area contributed by atoms with E-state index < -0.39 is 28.5 Å². The first kappa shape index (κ1) is 26.4. The molecule has 0 aromatic heterocycles. The molecule has 2 aromatic rings. The van der Waals surface area contributed by atoms with Crippen LogP contribution in [0.25, 0.3) is 0 Å². The zero-order valence-electron chi connectivity index (χ0n) is 17.8. The summed E-state index contributed by atoms with van der Waals surface area (Å²) in [6.45, 7) is 1.30. The van der Waals surface area contributed by atoms with Gasteiger partial charge in [-0.05, 0) is 48.4 Å². The van der Waals surface area contributed by atoms with Gasteiger partial charge in [-0.15, -0.1) is 0 Å². The molecule has 0 bridgehead atoms. The van der Waals surface area contributed by atoms with Crippen LogP contribution in [-0.2, 0) is 26.2 Å². The van der Waals surface area contributed by atoms with E-state index in [9.17, 15) is 18.0 Å². The highest BCUT2D eigenvalue weighted by Crippen LogP contribution is 2.24. The third-order valence-corrected chi connectivity index (χ3v) is 7.52. The fourth-order valence-corrected chi connectivity index (χ4v) is 4.79. The van der Waals surface area contributed by atoms with Crippen LogP contribution < -0.4 is 5.32 Å². The monoisotopic (exact) mass is 519 g/mol. The summed E-state index contributed by atoms with van der Waals surface area (Å²) < 4.78 is 26.7. The van der Waals surface area contributed by atoms with Gasteiger partial charge >= 0.3 is 0 Å². The molecule has 174 valence electrons. The first-order valence-electron chi connectivity index (χ1n) is 9.68. The fraction of sp³-hybridized carbons (Fsp3) is 0.333. The van der Waals surface area contributed by atoms with Crippen molar-refractivity contribution in [2.75, 3.05) is 20.6 Å². The smallest absolute Gasteiger partial charge is 0.243 e. The minimum Gasteiger partial charge on any atom is -0.357 e. The number of nitrogens with one attached hydrogen (secondary N) is 1. The molecule has 7 nitrogen and oxygen atoms in total. The molecule has 0 heterocycles. The van der Waals surface area contributed by atoms with Gasteiger partial charge in [-0.3, -0.25) is 9.59 Å². The number of halogens is 3. The van der Waals surface area contributed by atoms with Gasteiger partial charge in [0.25, 0.3) is 0 Å². The maximum absolute atomic E-state index is 13.2. The summed E-state index contributed by atoms with van der Waals surface area (Å²) in [5, 5.41) is 3.71. The molecule has 1 unspecified atom stereocenters. The Morgan fingerprint density at radius 2 is 1.62 bits per heavy atom. The molecule has 0 aliphatic heterocycles. The van der Waals surface area contributed by atoms with Crippen molar-refractivity contribution in [1.29, 1.82) is 0 Å². The Morgan fingerprint density at radius 3 is 2.16 bits per heavy atom. The average molecular weight is 521 g/mol. The average Bonchev–Trinajstić information content (AvgIpc) is 2.74. The van der Waals surface area contributed by atoms with Crippen LogP contribution in [-0.4, -0.2) is 56.1 Å². The number of sulfonamides is 1. The fourth-order valence-electron chi connectivity index (χ4n) is 3.07. The Hall–Kier alpha value is -1.84. The van der Waals surface area contributed by atoms with Crippen LogP contribution in [0, 0.1) is 0 Å². The second-order valence-electron chi connectivity index (χ2n) is 7.01. The predicted octanol–water partition coefficient (Wildman–Crippen LogP) is 3.82. The molecule has 32 heavy (non-hydrogen) atoms. The Labute approximate surface area is 203 Å². The second kappa shape index (κ2) is 11.3. The van der Waals surface area contributed by atoms with Gasteiger partial charge < -0.3 is 10.2 Å². The summed E-state index contributed by atoms with van der Waals surface area (Å²) in [5.74, 6) is -0.916. The number of likely N-dealkylation sites (N-methyl/N-ethyl adjacent to an activating group) is 2. The van der Waals surface area contributed by atoms with Crippen LogP contribution in [0.3, 0.4) is 0 Å². The molecule has 0 fully saturated rings. The van der Waals surface area contributed by atoms with Gasteiger partial charge in [-0.25, -0.2) is 8.42 Å². The third-order valence-electron chi connectivity index (χ3n) is 4.87. The lowest BCUT2D eigenvalue weighted by atomic mass is 10.1. The number of carbonyl (C=O) groups is 2. The summed E-state index contributed by atoms with van der Waals surface area (Å²) in [5.41, 5.74) is 0.579. The van der Waals surface area contributed by atoms with Crippen molar-refractivity contribution in [1.82, 2.24) is 14.5 Å². The quantitative estimate of drug-likeness (QED) is 0.544. The predicted molar refractivity (Wildman–Crippen MR) is 126 cm³/mol. The lowest BCUT2D eigenvalue weighted by Crippen LogP contribution is -2.51. The molecule has 1 atom stereocenters. The zero-order chi connectivity index (χ0) is 24.1. The number of hydrogen-bond donors (Lipinski definition) is 1. The van der Waals surface area contributed by atoms with Gasteiger partial charge in [-0.2, -0.15) is 4.31 Å². The molecule has 0 saturated heterocycles. The molecule has 2 aromatic carbocycles. The summed E-state index contributed by atoms with van der Waals surface area (Å²) >= 11 is 18.1. The molecule has 11 heteroatoms. The molecule has 0 aliphatic carbocycles. The van der Waals surface area contributed by atoms with Crippen LogP contribution >= 0.6 is 34.8 Å². The van der Waals surface area contributed by atoms with Crippen molar-refractivity contribution in [3.63, 3.8) is 0 Å². The van der Waals surface area contributed by atoms with Crippen molar-refractivity contribution in [3.05, 3.63) is 63.1 Å². The van der Waals surface area contributed by atoms with E-state index in [1.165, 1.54) is 43.3 Å². The van der Waals surface area contributed by atoms with Gasteiger partial charge in [0.05, 0.1) is 11.4 Å². The SMILES string of the molecule is CCC(C(=O)NC)N(Cc1ccc(Cl)cc1Cl)C(=O)CN(C)S(=O)(=O)c1ccc(Cl)cc1. The summed E-state index contributed by atoms with van der Waals surface area (Å²) in [6.07, 6.45) is 0.324. The lowest BCUT2D eigenvalue weighted by molar-refractivity contribution is -0.141. The summed E-state index contributed by atoms with van der Waals surface area (Å²) in [4.78, 5) is 27.0. The maximum atomic E-state index is 13.2. The highest BCUT2D eigenvalue weighted by Gasteiger charge is 2.31. The molecule has 0 aliphatic rings. The second-order valence-corrected chi connectivity index (χ2v) is 10.3. The zero-order valence-corrected chi connectivity index (χ0v) is 20.9. The molecule has 0 spiro atoms. The first-order valence-corrected chi connectivity index (χ1v) is 12.3. The maximum Gasteiger partial charge on any atom is 0.243 e.